The van der Waals surface area contributed by atoms with Crippen LogP contribution in [0.4, 0.5) is 0 Å². The lowest BCUT2D eigenvalue weighted by molar-refractivity contribution is 0.157. The SMILES string of the molecule is CC12CCCCCC1CCCCC2. The highest BCUT2D eigenvalue weighted by Gasteiger charge is 2.35. The minimum absolute atomic E-state index is 0.743. The van der Waals surface area contributed by atoms with Crippen LogP contribution >= 0.6 is 0 Å². The molecule has 0 N–H and O–H groups in total. The van der Waals surface area contributed by atoms with E-state index in [-0.39, 0.29) is 0 Å². The second-order valence-corrected chi connectivity index (χ2v) is 5.55. The lowest BCUT2D eigenvalue weighted by Gasteiger charge is -2.35. The molecule has 0 bridgehead atoms. The molecule has 0 nitrogen and oxygen atoms in total. The topological polar surface area (TPSA) is 0 Å². The number of hydrogen-bond acceptors (Lipinski definition) is 0. The van der Waals surface area contributed by atoms with Crippen molar-refractivity contribution >= 4 is 0 Å². The molecular weight excluding hydrogens is 156 g/mol. The molecule has 2 rings (SSSR count). The fourth-order valence-electron chi connectivity index (χ4n) is 3.57. The van der Waals surface area contributed by atoms with Crippen LogP contribution in [-0.2, 0) is 0 Å². The van der Waals surface area contributed by atoms with E-state index in [4.69, 9.17) is 0 Å². The zero-order chi connectivity index (χ0) is 9.15. The minimum atomic E-state index is 0.743. The van der Waals surface area contributed by atoms with Crippen LogP contribution in [0.2, 0.25) is 0 Å². The Morgan fingerprint density at radius 1 is 0.769 bits per heavy atom. The summed E-state index contributed by atoms with van der Waals surface area (Å²) >= 11 is 0. The van der Waals surface area contributed by atoms with E-state index in [1.54, 1.807) is 0 Å². The van der Waals surface area contributed by atoms with Gasteiger partial charge < -0.3 is 0 Å². The van der Waals surface area contributed by atoms with Gasteiger partial charge in [-0.25, -0.2) is 0 Å². The van der Waals surface area contributed by atoms with Crippen LogP contribution in [-0.4, -0.2) is 0 Å². The summed E-state index contributed by atoms with van der Waals surface area (Å²) in [5, 5.41) is 0. The molecule has 2 aliphatic rings. The van der Waals surface area contributed by atoms with Gasteiger partial charge >= 0.3 is 0 Å². The molecule has 0 aromatic rings. The van der Waals surface area contributed by atoms with Gasteiger partial charge in [0.1, 0.15) is 0 Å². The zero-order valence-electron chi connectivity index (χ0n) is 9.15. The van der Waals surface area contributed by atoms with E-state index >= 15 is 0 Å². The van der Waals surface area contributed by atoms with Crippen molar-refractivity contribution in [1.82, 2.24) is 0 Å². The van der Waals surface area contributed by atoms with Crippen LogP contribution in [0.5, 0.6) is 0 Å². The van der Waals surface area contributed by atoms with Gasteiger partial charge in [0.25, 0.3) is 0 Å². The molecule has 2 saturated carbocycles. The van der Waals surface area contributed by atoms with E-state index in [0.717, 1.165) is 11.3 Å². The second kappa shape index (κ2) is 4.02. The predicted molar refractivity (Wildman–Crippen MR) is 57.8 cm³/mol. The first-order valence-corrected chi connectivity index (χ1v) is 6.31. The summed E-state index contributed by atoms with van der Waals surface area (Å²) in [6, 6.07) is 0. The first-order valence-electron chi connectivity index (χ1n) is 6.31. The van der Waals surface area contributed by atoms with Crippen molar-refractivity contribution in [2.75, 3.05) is 0 Å². The monoisotopic (exact) mass is 180 g/mol. The third-order valence-electron chi connectivity index (χ3n) is 4.59. The Morgan fingerprint density at radius 2 is 1.31 bits per heavy atom. The smallest absolute Gasteiger partial charge is 0.0298 e. The Labute approximate surface area is 83.1 Å². The maximum absolute atomic E-state index is 2.58. The second-order valence-electron chi connectivity index (χ2n) is 5.55. The molecule has 0 heteroatoms. The van der Waals surface area contributed by atoms with E-state index < -0.39 is 0 Å². The normalized spacial score (nSPS) is 41.8. The molecule has 76 valence electrons. The van der Waals surface area contributed by atoms with Crippen molar-refractivity contribution in [3.05, 3.63) is 0 Å². The highest BCUT2D eigenvalue weighted by molar-refractivity contribution is 4.86. The first-order chi connectivity index (χ1) is 6.31. The van der Waals surface area contributed by atoms with Crippen molar-refractivity contribution < 1.29 is 0 Å². The molecule has 0 unspecified atom stereocenters. The Kier molecular flexibility index (Phi) is 2.96. The van der Waals surface area contributed by atoms with Crippen LogP contribution in [0.1, 0.15) is 71.1 Å². The maximum Gasteiger partial charge on any atom is -0.0298 e. The fourth-order valence-corrected chi connectivity index (χ4v) is 3.57. The lowest BCUT2D eigenvalue weighted by atomic mass is 9.70. The molecule has 0 aliphatic heterocycles. The van der Waals surface area contributed by atoms with E-state index in [1.807, 2.05) is 0 Å². The number of rotatable bonds is 0. The van der Waals surface area contributed by atoms with E-state index in [9.17, 15) is 0 Å². The molecule has 0 spiro atoms. The van der Waals surface area contributed by atoms with Crippen molar-refractivity contribution in [3.8, 4) is 0 Å². The van der Waals surface area contributed by atoms with Crippen molar-refractivity contribution in [1.29, 1.82) is 0 Å². The average Bonchev–Trinajstić information content (AvgIpc) is 2.37. The van der Waals surface area contributed by atoms with E-state index in [1.165, 1.54) is 64.2 Å². The maximum atomic E-state index is 2.58. The molecular formula is C13H24. The first kappa shape index (κ1) is 9.55. The Bertz CT molecular complexity index is 145. The van der Waals surface area contributed by atoms with Gasteiger partial charge in [0.2, 0.25) is 0 Å². The molecule has 0 aromatic heterocycles. The largest absolute Gasteiger partial charge is 0.0594 e. The predicted octanol–water partition coefficient (Wildman–Crippen LogP) is 4.54. The summed E-state index contributed by atoms with van der Waals surface area (Å²) in [5.41, 5.74) is 0.743. The number of fused-ring (bicyclic) bond motifs is 1. The van der Waals surface area contributed by atoms with Gasteiger partial charge in [0.05, 0.1) is 0 Å². The fraction of sp³-hybridized carbons (Fsp3) is 1.00. The molecule has 0 atom stereocenters. The molecule has 0 aromatic carbocycles. The van der Waals surface area contributed by atoms with E-state index in [2.05, 4.69) is 6.92 Å². The highest BCUT2D eigenvalue weighted by atomic mass is 14.4. The minimum Gasteiger partial charge on any atom is -0.0594 e. The Hall–Kier alpha value is 0. The molecule has 0 radical (unpaired) electrons. The number of hydrogen-bond donors (Lipinski definition) is 0. The van der Waals surface area contributed by atoms with Crippen LogP contribution in [0.25, 0.3) is 0 Å². The molecule has 13 heavy (non-hydrogen) atoms. The van der Waals surface area contributed by atoms with Gasteiger partial charge in [0, 0.05) is 0 Å². The summed E-state index contributed by atoms with van der Waals surface area (Å²) in [7, 11) is 0. The third-order valence-corrected chi connectivity index (χ3v) is 4.59. The van der Waals surface area contributed by atoms with E-state index in [0.29, 0.717) is 0 Å². The molecule has 2 aliphatic carbocycles. The molecule has 0 heterocycles. The van der Waals surface area contributed by atoms with Crippen molar-refractivity contribution in [2.45, 2.75) is 71.1 Å². The molecule has 0 saturated heterocycles. The van der Waals surface area contributed by atoms with Crippen molar-refractivity contribution in [3.63, 3.8) is 0 Å². The van der Waals surface area contributed by atoms with Gasteiger partial charge in [-0.1, -0.05) is 45.4 Å². The Morgan fingerprint density at radius 3 is 1.85 bits per heavy atom. The van der Waals surface area contributed by atoms with Crippen LogP contribution < -0.4 is 0 Å². The van der Waals surface area contributed by atoms with Gasteiger partial charge in [-0.2, -0.15) is 0 Å². The van der Waals surface area contributed by atoms with Crippen LogP contribution in [0.3, 0.4) is 0 Å². The summed E-state index contributed by atoms with van der Waals surface area (Å²) in [6.07, 6.45) is 15.2. The zero-order valence-corrected chi connectivity index (χ0v) is 9.15. The highest BCUT2D eigenvalue weighted by Crippen LogP contribution is 2.47. The van der Waals surface area contributed by atoms with Gasteiger partial charge in [-0.05, 0) is 37.0 Å². The lowest BCUT2D eigenvalue weighted by Crippen LogP contribution is -2.25. The van der Waals surface area contributed by atoms with Crippen molar-refractivity contribution in [2.24, 2.45) is 11.3 Å². The molecule has 2 fully saturated rings. The van der Waals surface area contributed by atoms with Gasteiger partial charge in [-0.3, -0.25) is 0 Å². The van der Waals surface area contributed by atoms with Crippen LogP contribution in [0, 0.1) is 11.3 Å². The standard InChI is InChI=1S/C13H24/c1-13-10-6-2-4-8-12(13)9-5-3-7-11-13/h12H,2-11H2,1H3. The van der Waals surface area contributed by atoms with Gasteiger partial charge in [-0.15, -0.1) is 0 Å². The van der Waals surface area contributed by atoms with Gasteiger partial charge in [0.15, 0.2) is 0 Å². The average molecular weight is 180 g/mol. The molecule has 0 amide bonds. The van der Waals surface area contributed by atoms with Crippen LogP contribution in [0.15, 0.2) is 0 Å². The summed E-state index contributed by atoms with van der Waals surface area (Å²) < 4.78 is 0. The summed E-state index contributed by atoms with van der Waals surface area (Å²) in [6.45, 7) is 2.58. The quantitative estimate of drug-likeness (QED) is 0.513. The summed E-state index contributed by atoms with van der Waals surface area (Å²) in [5.74, 6) is 1.08. The summed E-state index contributed by atoms with van der Waals surface area (Å²) in [4.78, 5) is 0. The third kappa shape index (κ3) is 2.08. The Balaban J connectivity index is 2.08.